The summed E-state index contributed by atoms with van der Waals surface area (Å²) in [6, 6.07) is 14.3. The summed E-state index contributed by atoms with van der Waals surface area (Å²) in [4.78, 5) is 27.6. The molecule has 30 heavy (non-hydrogen) atoms. The summed E-state index contributed by atoms with van der Waals surface area (Å²) >= 11 is 2.85. The van der Waals surface area contributed by atoms with Crippen LogP contribution in [0.2, 0.25) is 0 Å². The molecule has 0 aliphatic carbocycles. The normalized spacial score (nSPS) is 10.6. The number of benzene rings is 2. The summed E-state index contributed by atoms with van der Waals surface area (Å²) < 4.78 is 12.9. The standard InChI is InChI=1S/C22H22FN3O2S2/c1-15(27)24-11-10-16-2-6-18(7-3-16)20-13-30-22(25-20)26-21(28)14-29-12-17-4-8-19(23)9-5-17/h2-9,13H,10-12,14H2,1H3,(H,24,27)(H,25,26,28). The molecule has 0 radical (unpaired) electrons. The SMILES string of the molecule is CC(=O)NCCc1ccc(-c2csc(NC(=O)CSCc3ccc(F)cc3)n2)cc1. The van der Waals surface area contributed by atoms with E-state index in [9.17, 15) is 14.0 Å². The van der Waals surface area contributed by atoms with Crippen molar-refractivity contribution in [3.05, 3.63) is 70.9 Å². The number of rotatable bonds is 9. The zero-order valence-corrected chi connectivity index (χ0v) is 18.1. The van der Waals surface area contributed by atoms with E-state index < -0.39 is 0 Å². The molecule has 1 heterocycles. The van der Waals surface area contributed by atoms with Crippen molar-refractivity contribution in [1.29, 1.82) is 0 Å². The topological polar surface area (TPSA) is 71.1 Å². The molecule has 0 saturated carbocycles. The van der Waals surface area contributed by atoms with Gasteiger partial charge in [0.25, 0.3) is 0 Å². The van der Waals surface area contributed by atoms with E-state index in [1.807, 2.05) is 29.6 Å². The van der Waals surface area contributed by atoms with Crippen molar-refractivity contribution in [3.8, 4) is 11.3 Å². The molecule has 0 aliphatic rings. The number of hydrogen-bond donors (Lipinski definition) is 2. The minimum Gasteiger partial charge on any atom is -0.356 e. The van der Waals surface area contributed by atoms with Gasteiger partial charge in [-0.3, -0.25) is 9.59 Å². The minimum atomic E-state index is -0.263. The van der Waals surface area contributed by atoms with E-state index in [0.29, 0.717) is 23.2 Å². The Bertz CT molecular complexity index is 988. The van der Waals surface area contributed by atoms with Gasteiger partial charge in [0.15, 0.2) is 5.13 Å². The molecule has 3 aromatic rings. The lowest BCUT2D eigenvalue weighted by molar-refractivity contribution is -0.119. The molecule has 2 amide bonds. The summed E-state index contributed by atoms with van der Waals surface area (Å²) in [5, 5.41) is 8.08. The van der Waals surface area contributed by atoms with Gasteiger partial charge >= 0.3 is 0 Å². The van der Waals surface area contributed by atoms with Crippen molar-refractivity contribution in [2.75, 3.05) is 17.6 Å². The molecule has 0 spiro atoms. The Morgan fingerprint density at radius 3 is 2.47 bits per heavy atom. The summed E-state index contributed by atoms with van der Waals surface area (Å²) in [5.41, 5.74) is 3.89. The predicted octanol–water partition coefficient (Wildman–Crippen LogP) is 4.50. The van der Waals surface area contributed by atoms with Crippen LogP contribution in [0.15, 0.2) is 53.9 Å². The Labute approximate surface area is 183 Å². The predicted molar refractivity (Wildman–Crippen MR) is 121 cm³/mol. The molecule has 1 aromatic heterocycles. The number of nitrogens with zero attached hydrogens (tertiary/aromatic N) is 1. The van der Waals surface area contributed by atoms with E-state index in [4.69, 9.17) is 0 Å². The highest BCUT2D eigenvalue weighted by Gasteiger charge is 2.09. The number of hydrogen-bond acceptors (Lipinski definition) is 5. The van der Waals surface area contributed by atoms with E-state index in [1.54, 1.807) is 12.1 Å². The van der Waals surface area contributed by atoms with Crippen molar-refractivity contribution in [1.82, 2.24) is 10.3 Å². The number of thioether (sulfide) groups is 1. The molecule has 5 nitrogen and oxygen atoms in total. The molecule has 2 N–H and O–H groups in total. The van der Waals surface area contributed by atoms with E-state index in [-0.39, 0.29) is 17.6 Å². The molecule has 0 aliphatic heterocycles. The van der Waals surface area contributed by atoms with Crippen molar-refractivity contribution in [2.45, 2.75) is 19.1 Å². The molecular weight excluding hydrogens is 421 g/mol. The van der Waals surface area contributed by atoms with Crippen LogP contribution in [0.4, 0.5) is 9.52 Å². The lowest BCUT2D eigenvalue weighted by Crippen LogP contribution is -2.22. The zero-order chi connectivity index (χ0) is 21.3. The molecule has 8 heteroatoms. The smallest absolute Gasteiger partial charge is 0.236 e. The van der Waals surface area contributed by atoms with Crippen LogP contribution in [0, 0.1) is 5.82 Å². The first-order chi connectivity index (χ1) is 14.5. The van der Waals surface area contributed by atoms with Gasteiger partial charge in [0.05, 0.1) is 11.4 Å². The van der Waals surface area contributed by atoms with Crippen molar-refractivity contribution in [2.24, 2.45) is 0 Å². The van der Waals surface area contributed by atoms with Crippen LogP contribution in [-0.2, 0) is 21.8 Å². The number of carbonyl (C=O) groups is 2. The minimum absolute atomic E-state index is 0.0301. The monoisotopic (exact) mass is 443 g/mol. The third-order valence-electron chi connectivity index (χ3n) is 4.20. The maximum atomic E-state index is 12.9. The van der Waals surface area contributed by atoms with Gasteiger partial charge in [-0.15, -0.1) is 23.1 Å². The van der Waals surface area contributed by atoms with Gasteiger partial charge in [-0.05, 0) is 29.7 Å². The molecule has 2 aromatic carbocycles. The Hall–Kier alpha value is -2.71. The molecule has 0 atom stereocenters. The summed E-state index contributed by atoms with van der Waals surface area (Å²) in [5.74, 6) is 0.537. The number of nitrogens with one attached hydrogen (secondary N) is 2. The zero-order valence-electron chi connectivity index (χ0n) is 16.5. The van der Waals surface area contributed by atoms with Crippen LogP contribution in [0.25, 0.3) is 11.3 Å². The fourth-order valence-electron chi connectivity index (χ4n) is 2.69. The highest BCUT2D eigenvalue weighted by Crippen LogP contribution is 2.25. The highest BCUT2D eigenvalue weighted by molar-refractivity contribution is 7.99. The van der Waals surface area contributed by atoms with Crippen LogP contribution in [0.5, 0.6) is 0 Å². The molecule has 0 fully saturated rings. The maximum absolute atomic E-state index is 12.9. The van der Waals surface area contributed by atoms with Gasteiger partial charge in [-0.1, -0.05) is 36.4 Å². The highest BCUT2D eigenvalue weighted by atomic mass is 32.2. The Morgan fingerprint density at radius 1 is 1.07 bits per heavy atom. The van der Waals surface area contributed by atoms with Crippen LogP contribution in [0.3, 0.4) is 0 Å². The molecule has 3 rings (SSSR count). The number of aromatic nitrogens is 1. The number of amides is 2. The number of thiazole rings is 1. The van der Waals surface area contributed by atoms with Gasteiger partial charge < -0.3 is 10.6 Å². The van der Waals surface area contributed by atoms with Crippen LogP contribution in [0.1, 0.15) is 18.1 Å². The molecule has 0 saturated heterocycles. The Kier molecular flexibility index (Phi) is 7.98. The van der Waals surface area contributed by atoms with E-state index in [1.165, 1.54) is 42.2 Å². The molecular formula is C22H22FN3O2S2. The number of anilines is 1. The van der Waals surface area contributed by atoms with E-state index in [0.717, 1.165) is 28.8 Å². The Balaban J connectivity index is 1.46. The van der Waals surface area contributed by atoms with Crippen LogP contribution in [-0.4, -0.2) is 29.1 Å². The fourth-order valence-corrected chi connectivity index (χ4v) is 4.21. The first-order valence-electron chi connectivity index (χ1n) is 9.41. The molecule has 0 unspecified atom stereocenters. The number of halogens is 1. The summed E-state index contributed by atoms with van der Waals surface area (Å²) in [6.07, 6.45) is 0.772. The quantitative estimate of drug-likeness (QED) is 0.511. The molecule has 0 bridgehead atoms. The van der Waals surface area contributed by atoms with Gasteiger partial charge in [0.2, 0.25) is 11.8 Å². The van der Waals surface area contributed by atoms with E-state index >= 15 is 0 Å². The largest absolute Gasteiger partial charge is 0.356 e. The summed E-state index contributed by atoms with van der Waals surface area (Å²) in [7, 11) is 0. The van der Waals surface area contributed by atoms with Gasteiger partial charge in [0.1, 0.15) is 5.82 Å². The van der Waals surface area contributed by atoms with Gasteiger partial charge in [-0.2, -0.15) is 0 Å². The maximum Gasteiger partial charge on any atom is 0.236 e. The first kappa shape index (κ1) is 22.0. The van der Waals surface area contributed by atoms with E-state index in [2.05, 4.69) is 15.6 Å². The third kappa shape index (κ3) is 6.96. The number of carbonyl (C=O) groups excluding carboxylic acids is 2. The average molecular weight is 444 g/mol. The second kappa shape index (κ2) is 10.9. The second-order valence-electron chi connectivity index (χ2n) is 6.64. The van der Waals surface area contributed by atoms with Crippen molar-refractivity contribution < 1.29 is 14.0 Å². The Morgan fingerprint density at radius 2 is 1.77 bits per heavy atom. The molecule has 156 valence electrons. The van der Waals surface area contributed by atoms with Gasteiger partial charge in [-0.25, -0.2) is 9.37 Å². The van der Waals surface area contributed by atoms with Crippen LogP contribution < -0.4 is 10.6 Å². The lowest BCUT2D eigenvalue weighted by Gasteiger charge is -2.04. The lowest BCUT2D eigenvalue weighted by atomic mass is 10.1. The second-order valence-corrected chi connectivity index (χ2v) is 8.48. The first-order valence-corrected chi connectivity index (χ1v) is 11.4. The fraction of sp³-hybridized carbons (Fsp3) is 0.227. The van der Waals surface area contributed by atoms with Crippen molar-refractivity contribution in [3.63, 3.8) is 0 Å². The van der Waals surface area contributed by atoms with Crippen LogP contribution >= 0.6 is 23.1 Å². The van der Waals surface area contributed by atoms with Crippen molar-refractivity contribution >= 4 is 40.0 Å². The average Bonchev–Trinajstić information content (AvgIpc) is 3.18. The third-order valence-corrected chi connectivity index (χ3v) is 5.96. The summed E-state index contributed by atoms with van der Waals surface area (Å²) in [6.45, 7) is 2.12. The van der Waals surface area contributed by atoms with Gasteiger partial charge in [0, 0.05) is 30.2 Å².